The van der Waals surface area contributed by atoms with Crippen molar-refractivity contribution in [1.29, 1.82) is 0 Å². The van der Waals surface area contributed by atoms with Crippen molar-refractivity contribution < 1.29 is 25.8 Å². The molecule has 2 heteroatoms. The van der Waals surface area contributed by atoms with Gasteiger partial charge < -0.3 is 14.9 Å². The van der Waals surface area contributed by atoms with E-state index < -0.39 is 8.07 Å². The van der Waals surface area contributed by atoms with Gasteiger partial charge in [0.25, 0.3) is 0 Å². The van der Waals surface area contributed by atoms with Gasteiger partial charge in [-0.1, -0.05) is 139 Å². The summed E-state index contributed by atoms with van der Waals surface area (Å²) in [5.74, 6) is 0. The summed E-state index contributed by atoms with van der Waals surface area (Å²) < 4.78 is 0. The molecule has 0 unspecified atom stereocenters. The predicted octanol–water partition coefficient (Wildman–Crippen LogP) is 11.9. The summed E-state index contributed by atoms with van der Waals surface area (Å²) in [6.45, 7) is 18.6. The molecule has 46 heavy (non-hydrogen) atoms. The Labute approximate surface area is 299 Å². The van der Waals surface area contributed by atoms with Crippen molar-refractivity contribution in [2.24, 2.45) is 0 Å². The number of rotatable bonds is 6. The molecule has 0 nitrogen and oxygen atoms in total. The van der Waals surface area contributed by atoms with Gasteiger partial charge in [-0.25, -0.2) is 0 Å². The van der Waals surface area contributed by atoms with Crippen molar-refractivity contribution >= 4 is 40.0 Å². The van der Waals surface area contributed by atoms with Crippen LogP contribution < -0.4 is 10.4 Å². The average molecular weight is 787 g/mol. The topological polar surface area (TPSA) is 0 Å². The standard InChI is InChI=1S/C42H46Si.2CH3.Hf/c1-9-43(10-2,35-25-31-17-13-21-37(39(31)27-35)29-15-11-19-33(23-29)41(3,4)5)36-26-32-18-14-22-38(40(32)28-36)30-16-12-20-34(24-30)42(6,7)8;;;/h11-28H,9-10H2,1-8H3;2*1H3;/q-2;2*-1;+4. The molecule has 0 bridgehead atoms. The zero-order valence-corrected chi connectivity index (χ0v) is 34.4. The quantitative estimate of drug-likeness (QED) is 0.117. The van der Waals surface area contributed by atoms with Crippen molar-refractivity contribution in [3.05, 3.63) is 135 Å². The molecule has 0 atom stereocenters. The minimum absolute atomic E-state index is 0. The number of hydrogen-bond acceptors (Lipinski definition) is 0. The summed E-state index contributed by atoms with van der Waals surface area (Å²) >= 11 is 0. The first-order valence-corrected chi connectivity index (χ1v) is 18.5. The molecule has 0 N–H and O–H groups in total. The van der Waals surface area contributed by atoms with E-state index in [-0.39, 0.29) is 51.5 Å². The van der Waals surface area contributed by atoms with Crippen LogP contribution in [-0.4, -0.2) is 8.07 Å². The fourth-order valence-corrected chi connectivity index (χ4v) is 11.2. The Kier molecular flexibility index (Phi) is 11.6. The monoisotopic (exact) mass is 788 g/mol. The molecule has 6 aromatic carbocycles. The summed E-state index contributed by atoms with van der Waals surface area (Å²) in [4.78, 5) is 0. The Morgan fingerprint density at radius 3 is 1.24 bits per heavy atom. The molecule has 0 saturated carbocycles. The molecular weight excluding hydrogens is 735 g/mol. The first kappa shape index (κ1) is 37.6. The van der Waals surface area contributed by atoms with Crippen molar-refractivity contribution in [3.8, 4) is 22.3 Å². The maximum atomic E-state index is 2.55. The molecule has 0 aromatic heterocycles. The summed E-state index contributed by atoms with van der Waals surface area (Å²) in [6, 6.07) is 44.6. The van der Waals surface area contributed by atoms with Gasteiger partial charge in [-0.15, -0.1) is 68.3 Å². The van der Waals surface area contributed by atoms with Crippen molar-refractivity contribution in [1.82, 2.24) is 0 Å². The van der Waals surface area contributed by atoms with Gasteiger partial charge in [-0.2, -0.15) is 12.1 Å². The van der Waals surface area contributed by atoms with E-state index in [0.717, 1.165) is 0 Å². The van der Waals surface area contributed by atoms with Crippen LogP contribution in [0.5, 0.6) is 0 Å². The molecule has 6 aromatic rings. The largest absolute Gasteiger partial charge is 4.00 e. The third-order valence-electron chi connectivity index (χ3n) is 9.89. The van der Waals surface area contributed by atoms with Crippen LogP contribution >= 0.6 is 0 Å². The molecule has 0 fully saturated rings. The molecule has 0 aliphatic rings. The zero-order valence-electron chi connectivity index (χ0n) is 29.8. The molecule has 236 valence electrons. The predicted molar refractivity (Wildman–Crippen MR) is 206 cm³/mol. The van der Waals surface area contributed by atoms with Gasteiger partial charge in [-0.05, 0) is 33.1 Å². The Morgan fingerprint density at radius 2 is 0.891 bits per heavy atom. The maximum Gasteiger partial charge on any atom is 4.00 e. The van der Waals surface area contributed by atoms with Crippen molar-refractivity contribution in [2.75, 3.05) is 0 Å². The normalized spacial score (nSPS) is 12.0. The summed E-state index contributed by atoms with van der Waals surface area (Å²) in [5.41, 5.74) is 8.34. The molecular formula is C44H52HfSi. The summed E-state index contributed by atoms with van der Waals surface area (Å²) in [5, 5.41) is 8.64. The zero-order chi connectivity index (χ0) is 30.6. The van der Waals surface area contributed by atoms with Crippen LogP contribution in [-0.2, 0) is 36.7 Å². The second-order valence-corrected chi connectivity index (χ2v) is 19.3. The van der Waals surface area contributed by atoms with Gasteiger partial charge in [0.2, 0.25) is 0 Å². The van der Waals surface area contributed by atoms with E-state index in [0.29, 0.717) is 0 Å². The second-order valence-electron chi connectivity index (χ2n) is 14.6. The number of fused-ring (bicyclic) bond motifs is 2. The van der Waals surface area contributed by atoms with Gasteiger partial charge in [0, 0.05) is 0 Å². The van der Waals surface area contributed by atoms with E-state index in [1.807, 2.05) is 0 Å². The summed E-state index contributed by atoms with van der Waals surface area (Å²) in [7, 11) is -1.99. The van der Waals surface area contributed by atoms with Crippen LogP contribution in [0.25, 0.3) is 43.8 Å². The molecule has 6 rings (SSSR count). The molecule has 0 heterocycles. The minimum atomic E-state index is -1.99. The van der Waals surface area contributed by atoms with Gasteiger partial charge in [0.15, 0.2) is 0 Å². The van der Waals surface area contributed by atoms with Crippen LogP contribution in [0.15, 0.2) is 109 Å². The molecule has 0 radical (unpaired) electrons. The van der Waals surface area contributed by atoms with Crippen molar-refractivity contribution in [3.63, 3.8) is 0 Å². The van der Waals surface area contributed by atoms with Gasteiger partial charge in [-0.3, -0.25) is 0 Å². The van der Waals surface area contributed by atoms with E-state index in [4.69, 9.17) is 0 Å². The van der Waals surface area contributed by atoms with E-state index >= 15 is 0 Å². The average Bonchev–Trinajstić information content (AvgIpc) is 3.63. The van der Waals surface area contributed by atoms with Gasteiger partial charge in [0.1, 0.15) is 0 Å². The fraction of sp³-hybridized carbons (Fsp3) is 0.273. The molecule has 0 amide bonds. The number of hydrogen-bond donors (Lipinski definition) is 0. The molecule has 0 aliphatic carbocycles. The Bertz CT molecular complexity index is 1780. The second kappa shape index (κ2) is 14.1. The van der Waals surface area contributed by atoms with Gasteiger partial charge >= 0.3 is 25.8 Å². The maximum absolute atomic E-state index is 2.55. The smallest absolute Gasteiger partial charge is 0.358 e. The van der Waals surface area contributed by atoms with E-state index in [1.54, 1.807) is 10.4 Å². The van der Waals surface area contributed by atoms with Crippen molar-refractivity contribution in [2.45, 2.75) is 78.3 Å². The van der Waals surface area contributed by atoms with Crippen LogP contribution in [0.4, 0.5) is 0 Å². The first-order chi connectivity index (χ1) is 20.4. The third kappa shape index (κ3) is 6.76. The summed E-state index contributed by atoms with van der Waals surface area (Å²) in [6.07, 6.45) is 0. The fourth-order valence-electron chi connectivity index (χ4n) is 7.07. The SMILES string of the molecule is CC[Si](CC)(c1cc2c(-c3cccc(C(C)(C)C)c3)cccc2[cH-]1)c1cc2c(-c3cccc(C(C)(C)C)c3)cccc2[cH-]1.[CH3-].[CH3-].[Hf+4]. The van der Waals surface area contributed by atoms with E-state index in [1.165, 1.54) is 67.0 Å². The third-order valence-corrected chi connectivity index (χ3v) is 15.1. The Hall–Kier alpha value is -2.81. The van der Waals surface area contributed by atoms with Crippen LogP contribution in [0.2, 0.25) is 12.1 Å². The van der Waals surface area contributed by atoms with Gasteiger partial charge in [0.05, 0.1) is 8.07 Å². The van der Waals surface area contributed by atoms with Crippen LogP contribution in [0.1, 0.15) is 66.5 Å². The van der Waals surface area contributed by atoms with Crippen LogP contribution in [0.3, 0.4) is 0 Å². The van der Waals surface area contributed by atoms with E-state index in [2.05, 4.69) is 165 Å². The molecule has 0 spiro atoms. The molecule has 0 saturated heterocycles. The van der Waals surface area contributed by atoms with Crippen LogP contribution in [0, 0.1) is 14.9 Å². The number of benzene rings is 4. The van der Waals surface area contributed by atoms with E-state index in [9.17, 15) is 0 Å². The minimum Gasteiger partial charge on any atom is -0.358 e. The Balaban J connectivity index is 0.00000192. The molecule has 0 aliphatic heterocycles. The Morgan fingerprint density at radius 1 is 0.522 bits per heavy atom. The first-order valence-electron chi connectivity index (χ1n) is 16.1.